The van der Waals surface area contributed by atoms with Gasteiger partial charge < -0.3 is 10.0 Å². The predicted octanol–water partition coefficient (Wildman–Crippen LogP) is 1.62. The van der Waals surface area contributed by atoms with Gasteiger partial charge in [-0.15, -0.1) is 11.3 Å². The molecular weight excluding hydrogens is 256 g/mol. The van der Waals surface area contributed by atoms with Gasteiger partial charge in [-0.1, -0.05) is 11.8 Å². The molecule has 1 fully saturated rings. The van der Waals surface area contributed by atoms with E-state index in [0.717, 1.165) is 18.0 Å². The minimum atomic E-state index is -0.0683. The van der Waals surface area contributed by atoms with Gasteiger partial charge in [-0.05, 0) is 45.6 Å². The lowest BCUT2D eigenvalue weighted by Crippen LogP contribution is -2.36. The minimum absolute atomic E-state index is 0.0683. The van der Waals surface area contributed by atoms with Crippen LogP contribution in [-0.2, 0) is 6.54 Å². The van der Waals surface area contributed by atoms with Crippen molar-refractivity contribution in [3.8, 4) is 11.8 Å². The molecule has 4 heteroatoms. The number of likely N-dealkylation sites (N-methyl/N-ethyl adjacent to an activating group) is 2. The number of aliphatic hydroxyl groups excluding tert-OH is 1. The molecule has 1 aromatic rings. The molecule has 19 heavy (non-hydrogen) atoms. The number of hydrogen-bond acceptors (Lipinski definition) is 4. The number of rotatable bonds is 4. The maximum atomic E-state index is 8.68. The molecule has 1 aromatic heterocycles. The van der Waals surface area contributed by atoms with E-state index in [1.165, 1.54) is 24.3 Å². The summed E-state index contributed by atoms with van der Waals surface area (Å²) in [6.45, 7) is 3.28. The van der Waals surface area contributed by atoms with Crippen LogP contribution >= 0.6 is 11.3 Å². The molecule has 1 saturated heterocycles. The molecule has 2 rings (SSSR count). The van der Waals surface area contributed by atoms with Gasteiger partial charge in [0.25, 0.3) is 0 Å². The smallest absolute Gasteiger partial charge is 0.104 e. The zero-order valence-electron chi connectivity index (χ0n) is 11.7. The van der Waals surface area contributed by atoms with E-state index in [9.17, 15) is 0 Å². The van der Waals surface area contributed by atoms with E-state index in [4.69, 9.17) is 5.11 Å². The average Bonchev–Trinajstić information content (AvgIpc) is 2.97. The van der Waals surface area contributed by atoms with Crippen molar-refractivity contribution in [3.05, 3.63) is 21.9 Å². The lowest BCUT2D eigenvalue weighted by Gasteiger charge is -2.25. The third-order valence-corrected chi connectivity index (χ3v) is 4.56. The van der Waals surface area contributed by atoms with E-state index in [1.54, 1.807) is 11.3 Å². The van der Waals surface area contributed by atoms with Crippen molar-refractivity contribution in [2.75, 3.05) is 33.8 Å². The number of nitrogens with zero attached hydrogens (tertiary/aromatic N) is 2. The molecule has 1 N–H and O–H groups in total. The van der Waals surface area contributed by atoms with Gasteiger partial charge in [0.15, 0.2) is 0 Å². The normalized spacial score (nSPS) is 19.7. The number of thiophene rings is 1. The summed E-state index contributed by atoms with van der Waals surface area (Å²) in [5.41, 5.74) is 0. The van der Waals surface area contributed by atoms with Gasteiger partial charge >= 0.3 is 0 Å². The van der Waals surface area contributed by atoms with Crippen molar-refractivity contribution in [1.82, 2.24) is 9.80 Å². The number of aliphatic hydroxyl groups is 1. The molecule has 0 saturated carbocycles. The van der Waals surface area contributed by atoms with Crippen molar-refractivity contribution in [2.24, 2.45) is 0 Å². The summed E-state index contributed by atoms with van der Waals surface area (Å²) in [7, 11) is 4.41. The van der Waals surface area contributed by atoms with Crippen LogP contribution in [0.15, 0.2) is 12.1 Å². The zero-order valence-corrected chi connectivity index (χ0v) is 12.5. The van der Waals surface area contributed by atoms with E-state index in [0.29, 0.717) is 6.04 Å². The van der Waals surface area contributed by atoms with Crippen LogP contribution in [0.25, 0.3) is 0 Å². The molecule has 0 aliphatic carbocycles. The molecule has 0 radical (unpaired) electrons. The Morgan fingerprint density at radius 3 is 3.05 bits per heavy atom. The topological polar surface area (TPSA) is 26.7 Å². The van der Waals surface area contributed by atoms with Crippen LogP contribution in [-0.4, -0.2) is 54.7 Å². The summed E-state index contributed by atoms with van der Waals surface area (Å²) in [5, 5.41) is 8.68. The van der Waals surface area contributed by atoms with Gasteiger partial charge in [-0.3, -0.25) is 4.90 Å². The van der Waals surface area contributed by atoms with E-state index in [-0.39, 0.29) is 6.61 Å². The highest BCUT2D eigenvalue weighted by Crippen LogP contribution is 2.19. The first-order chi connectivity index (χ1) is 9.19. The Labute approximate surface area is 119 Å². The summed E-state index contributed by atoms with van der Waals surface area (Å²) in [6, 6.07) is 4.89. The molecule has 1 aliphatic heterocycles. The minimum Gasteiger partial charge on any atom is -0.384 e. The number of hydrogen-bond donors (Lipinski definition) is 1. The second-order valence-corrected chi connectivity index (χ2v) is 6.37. The fraction of sp³-hybridized carbons (Fsp3) is 0.600. The molecule has 0 amide bonds. The molecule has 1 aliphatic rings. The molecule has 104 valence electrons. The lowest BCUT2D eigenvalue weighted by molar-refractivity contribution is 0.216. The highest BCUT2D eigenvalue weighted by atomic mass is 32.1. The Morgan fingerprint density at radius 2 is 2.37 bits per heavy atom. The standard InChI is InChI=1S/C15H22N2OS/c1-16(11-13-5-3-9-17(13)2)12-15-8-7-14(19-15)6-4-10-18/h7-8,13,18H,3,5,9-12H2,1-2H3. The molecular formula is C15H22N2OS. The van der Waals surface area contributed by atoms with Gasteiger partial charge in [-0.25, -0.2) is 0 Å². The summed E-state index contributed by atoms with van der Waals surface area (Å²) in [6.07, 6.45) is 2.65. The van der Waals surface area contributed by atoms with Crippen LogP contribution in [0.2, 0.25) is 0 Å². The third-order valence-electron chi connectivity index (χ3n) is 3.57. The summed E-state index contributed by atoms with van der Waals surface area (Å²) < 4.78 is 0. The van der Waals surface area contributed by atoms with Crippen LogP contribution in [0.1, 0.15) is 22.6 Å². The van der Waals surface area contributed by atoms with Crippen LogP contribution in [0.5, 0.6) is 0 Å². The molecule has 1 unspecified atom stereocenters. The van der Waals surface area contributed by atoms with E-state index in [2.05, 4.69) is 41.8 Å². The first-order valence-electron chi connectivity index (χ1n) is 6.76. The molecule has 2 heterocycles. The lowest BCUT2D eigenvalue weighted by atomic mass is 10.2. The SMILES string of the molecule is CN(Cc1ccc(C#CCO)s1)CC1CCCN1C. The quantitative estimate of drug-likeness (QED) is 0.848. The maximum Gasteiger partial charge on any atom is 0.104 e. The second kappa shape index (κ2) is 7.06. The number of likely N-dealkylation sites (tertiary alicyclic amines) is 1. The van der Waals surface area contributed by atoms with Crippen LogP contribution in [0, 0.1) is 11.8 Å². The zero-order chi connectivity index (χ0) is 13.7. The fourth-order valence-electron chi connectivity index (χ4n) is 2.56. The monoisotopic (exact) mass is 278 g/mol. The van der Waals surface area contributed by atoms with Gasteiger partial charge in [-0.2, -0.15) is 0 Å². The largest absolute Gasteiger partial charge is 0.384 e. The second-order valence-electron chi connectivity index (χ2n) is 5.20. The van der Waals surface area contributed by atoms with Gasteiger partial charge in [0, 0.05) is 24.0 Å². The van der Waals surface area contributed by atoms with Crippen molar-refractivity contribution in [2.45, 2.75) is 25.4 Å². The Morgan fingerprint density at radius 1 is 1.53 bits per heavy atom. The Bertz CT molecular complexity index is 460. The molecule has 0 bridgehead atoms. The highest BCUT2D eigenvalue weighted by Gasteiger charge is 2.22. The van der Waals surface area contributed by atoms with Crippen LogP contribution in [0.4, 0.5) is 0 Å². The Kier molecular flexibility index (Phi) is 5.41. The van der Waals surface area contributed by atoms with Crippen LogP contribution in [0.3, 0.4) is 0 Å². The summed E-state index contributed by atoms with van der Waals surface area (Å²) in [5.74, 6) is 5.65. The van der Waals surface area contributed by atoms with E-state index in [1.807, 2.05) is 6.07 Å². The fourth-order valence-corrected chi connectivity index (χ4v) is 3.52. The van der Waals surface area contributed by atoms with E-state index < -0.39 is 0 Å². The summed E-state index contributed by atoms with van der Waals surface area (Å²) in [4.78, 5) is 7.23. The Hall–Kier alpha value is -0.860. The molecule has 1 atom stereocenters. The first kappa shape index (κ1) is 14.5. The first-order valence-corrected chi connectivity index (χ1v) is 7.58. The van der Waals surface area contributed by atoms with Crippen molar-refractivity contribution in [3.63, 3.8) is 0 Å². The van der Waals surface area contributed by atoms with Crippen molar-refractivity contribution >= 4 is 11.3 Å². The molecule has 0 spiro atoms. The van der Waals surface area contributed by atoms with Gasteiger partial charge in [0.1, 0.15) is 6.61 Å². The summed E-state index contributed by atoms with van der Waals surface area (Å²) >= 11 is 1.72. The van der Waals surface area contributed by atoms with Crippen molar-refractivity contribution in [1.29, 1.82) is 0 Å². The maximum absolute atomic E-state index is 8.68. The Balaban J connectivity index is 1.84. The molecule has 0 aromatic carbocycles. The van der Waals surface area contributed by atoms with Crippen molar-refractivity contribution < 1.29 is 5.11 Å². The van der Waals surface area contributed by atoms with Gasteiger partial charge in [0.05, 0.1) is 4.88 Å². The predicted molar refractivity (Wildman–Crippen MR) is 80.3 cm³/mol. The third kappa shape index (κ3) is 4.32. The average molecular weight is 278 g/mol. The van der Waals surface area contributed by atoms with E-state index >= 15 is 0 Å². The molecule has 3 nitrogen and oxygen atoms in total. The highest BCUT2D eigenvalue weighted by molar-refractivity contribution is 7.12. The van der Waals surface area contributed by atoms with Crippen LogP contribution < -0.4 is 0 Å². The van der Waals surface area contributed by atoms with Gasteiger partial charge in [0.2, 0.25) is 0 Å².